The van der Waals surface area contributed by atoms with Gasteiger partial charge in [0.25, 0.3) is 5.56 Å². The van der Waals surface area contributed by atoms with E-state index in [2.05, 4.69) is 9.97 Å². The van der Waals surface area contributed by atoms with Gasteiger partial charge in [-0.25, -0.2) is 9.97 Å². The summed E-state index contributed by atoms with van der Waals surface area (Å²) in [5.41, 5.74) is -1.51. The van der Waals surface area contributed by atoms with E-state index in [0.29, 0.717) is 9.59 Å². The molecule has 29 heavy (non-hydrogen) atoms. The van der Waals surface area contributed by atoms with Crippen LogP contribution in [0.1, 0.15) is 12.7 Å². The molecule has 0 amide bonds. The number of nitrogens with zero attached hydrogens (tertiary/aromatic N) is 4. The summed E-state index contributed by atoms with van der Waals surface area (Å²) in [6, 6.07) is 5.64. The van der Waals surface area contributed by atoms with Gasteiger partial charge in [-0.15, -0.1) is 0 Å². The van der Waals surface area contributed by atoms with Gasteiger partial charge in [0.2, 0.25) is 0 Å². The zero-order valence-corrected chi connectivity index (χ0v) is 15.5. The summed E-state index contributed by atoms with van der Waals surface area (Å²) in [5.74, 6) is -2.22. The van der Waals surface area contributed by atoms with Gasteiger partial charge in [0, 0.05) is 11.4 Å². The molecule has 3 rings (SSSR count). The highest BCUT2D eigenvalue weighted by atomic mass is 35.5. The van der Waals surface area contributed by atoms with Gasteiger partial charge < -0.3 is 4.57 Å². The van der Waals surface area contributed by atoms with E-state index in [0.717, 1.165) is 17.8 Å². The Balaban J connectivity index is 2.24. The molecule has 1 aromatic carbocycles. The van der Waals surface area contributed by atoms with Crippen LogP contribution in [0.3, 0.4) is 0 Å². The molecule has 0 aliphatic rings. The molecule has 0 spiro atoms. The molecule has 0 aliphatic heterocycles. The van der Waals surface area contributed by atoms with Crippen LogP contribution in [0.25, 0.3) is 16.9 Å². The van der Waals surface area contributed by atoms with Gasteiger partial charge in [-0.3, -0.25) is 9.36 Å². The second-order valence-electron chi connectivity index (χ2n) is 6.45. The Morgan fingerprint density at radius 2 is 1.72 bits per heavy atom. The van der Waals surface area contributed by atoms with Crippen LogP contribution in [0.15, 0.2) is 35.4 Å². The fraction of sp³-hybridized carbons (Fsp3) is 0.353. The number of fused-ring (bicyclic) bond motifs is 1. The Morgan fingerprint density at radius 3 is 2.28 bits per heavy atom. The van der Waals surface area contributed by atoms with E-state index in [1.165, 1.54) is 24.3 Å². The van der Waals surface area contributed by atoms with Crippen LogP contribution >= 0.6 is 11.6 Å². The summed E-state index contributed by atoms with van der Waals surface area (Å²) in [4.78, 5) is 20.6. The van der Waals surface area contributed by atoms with Gasteiger partial charge in [-0.1, -0.05) is 18.5 Å². The lowest BCUT2D eigenvalue weighted by atomic mass is 10.1. The van der Waals surface area contributed by atoms with E-state index in [-0.39, 0.29) is 17.0 Å². The lowest BCUT2D eigenvalue weighted by molar-refractivity contribution is -0.169. The first-order valence-electron chi connectivity index (χ1n) is 8.23. The van der Waals surface area contributed by atoms with Gasteiger partial charge in [0.15, 0.2) is 11.2 Å². The number of halogens is 7. The molecule has 0 bridgehead atoms. The molecule has 0 saturated heterocycles. The molecule has 12 heteroatoms. The Hall–Kier alpha value is -2.56. The predicted molar refractivity (Wildman–Crippen MR) is 93.1 cm³/mol. The van der Waals surface area contributed by atoms with Gasteiger partial charge in [0.05, 0.1) is 17.9 Å². The van der Waals surface area contributed by atoms with Gasteiger partial charge in [-0.2, -0.15) is 26.3 Å². The number of imidazole rings is 1. The van der Waals surface area contributed by atoms with Crippen LogP contribution in [0.4, 0.5) is 26.3 Å². The molecule has 0 fully saturated rings. The molecular weight excluding hydrogens is 426 g/mol. The number of benzene rings is 1. The Labute approximate surface area is 164 Å². The van der Waals surface area contributed by atoms with Crippen molar-refractivity contribution in [2.45, 2.75) is 32.2 Å². The van der Waals surface area contributed by atoms with Crippen LogP contribution in [0.5, 0.6) is 0 Å². The van der Waals surface area contributed by atoms with Crippen molar-refractivity contribution < 1.29 is 26.3 Å². The van der Waals surface area contributed by atoms with Crippen LogP contribution < -0.4 is 5.56 Å². The molecule has 0 saturated carbocycles. The first-order valence-corrected chi connectivity index (χ1v) is 8.61. The molecule has 1 unspecified atom stereocenters. The van der Waals surface area contributed by atoms with Crippen molar-refractivity contribution in [2.24, 2.45) is 5.92 Å². The highest BCUT2D eigenvalue weighted by Crippen LogP contribution is 2.29. The molecule has 2 heterocycles. The van der Waals surface area contributed by atoms with Crippen molar-refractivity contribution in [2.75, 3.05) is 0 Å². The molecule has 156 valence electrons. The monoisotopic (exact) mass is 438 g/mol. The molecular formula is C17H13ClF6N4O. The second-order valence-corrected chi connectivity index (χ2v) is 6.89. The average molecular weight is 439 g/mol. The summed E-state index contributed by atoms with van der Waals surface area (Å²) in [6.07, 6.45) is -9.13. The van der Waals surface area contributed by atoms with Crippen molar-refractivity contribution in [1.29, 1.82) is 0 Å². The van der Waals surface area contributed by atoms with Gasteiger partial charge in [-0.05, 0) is 24.3 Å². The predicted octanol–water partition coefficient (Wildman–Crippen LogP) is 4.54. The molecule has 2 aromatic heterocycles. The van der Waals surface area contributed by atoms with Crippen LogP contribution in [-0.4, -0.2) is 31.5 Å². The number of hydrogen-bond donors (Lipinski definition) is 0. The molecule has 5 nitrogen and oxygen atoms in total. The lowest BCUT2D eigenvalue weighted by Gasteiger charge is -2.18. The van der Waals surface area contributed by atoms with Crippen LogP contribution in [0, 0.1) is 5.92 Å². The van der Waals surface area contributed by atoms with Crippen molar-refractivity contribution in [3.8, 4) is 5.69 Å². The third-order valence-electron chi connectivity index (χ3n) is 4.19. The standard InChI is InChI=1S/C17H13ClF6N4O/c1-9(17(22,23)24)6-12-26-14-13(25-8-27(14)7-16(19,20)21)15(29)28(12)11-4-2-10(18)3-5-11/h2-5,8-9H,6-7H2,1H3. The highest BCUT2D eigenvalue weighted by molar-refractivity contribution is 6.30. The molecule has 3 aromatic rings. The van der Waals surface area contributed by atoms with E-state index in [1.807, 2.05) is 0 Å². The Morgan fingerprint density at radius 1 is 1.10 bits per heavy atom. The lowest BCUT2D eigenvalue weighted by Crippen LogP contribution is -2.29. The molecule has 0 N–H and O–H groups in total. The summed E-state index contributed by atoms with van der Waals surface area (Å²) in [6.45, 7) is -0.579. The summed E-state index contributed by atoms with van der Waals surface area (Å²) >= 11 is 5.81. The van der Waals surface area contributed by atoms with Crippen LogP contribution in [0.2, 0.25) is 5.02 Å². The highest BCUT2D eigenvalue weighted by Gasteiger charge is 2.37. The number of aromatic nitrogens is 4. The molecule has 1 atom stereocenters. The number of rotatable bonds is 4. The largest absolute Gasteiger partial charge is 0.406 e. The minimum absolute atomic E-state index is 0.170. The average Bonchev–Trinajstić information content (AvgIpc) is 2.97. The van der Waals surface area contributed by atoms with Gasteiger partial charge in [0.1, 0.15) is 12.4 Å². The Bertz CT molecular complexity index is 1080. The van der Waals surface area contributed by atoms with Crippen LogP contribution in [-0.2, 0) is 13.0 Å². The van der Waals surface area contributed by atoms with E-state index in [9.17, 15) is 31.1 Å². The van der Waals surface area contributed by atoms with Crippen molar-refractivity contribution in [1.82, 2.24) is 19.1 Å². The maximum absolute atomic E-state index is 13.1. The molecule has 0 aliphatic carbocycles. The minimum atomic E-state index is -4.63. The quantitative estimate of drug-likeness (QED) is 0.562. The maximum atomic E-state index is 13.1. The smallest absolute Gasteiger partial charge is 0.306 e. The number of alkyl halides is 6. The third kappa shape index (κ3) is 4.55. The Kier molecular flexibility index (Phi) is 5.37. The van der Waals surface area contributed by atoms with E-state index in [1.54, 1.807) is 0 Å². The summed E-state index contributed by atoms with van der Waals surface area (Å²) in [7, 11) is 0. The number of hydrogen-bond acceptors (Lipinski definition) is 3. The van der Waals surface area contributed by atoms with Crippen molar-refractivity contribution >= 4 is 22.8 Å². The molecule has 0 radical (unpaired) electrons. The normalized spacial score (nSPS) is 13.8. The van der Waals surface area contributed by atoms with Gasteiger partial charge >= 0.3 is 12.4 Å². The first-order chi connectivity index (χ1) is 13.4. The minimum Gasteiger partial charge on any atom is -0.306 e. The topological polar surface area (TPSA) is 52.7 Å². The van der Waals surface area contributed by atoms with Crippen molar-refractivity contribution in [3.05, 3.63) is 51.8 Å². The zero-order chi connectivity index (χ0) is 21.6. The summed E-state index contributed by atoms with van der Waals surface area (Å²) < 4.78 is 79.1. The first kappa shape index (κ1) is 21.2. The van der Waals surface area contributed by atoms with Crippen molar-refractivity contribution in [3.63, 3.8) is 0 Å². The van der Waals surface area contributed by atoms with E-state index >= 15 is 0 Å². The SMILES string of the molecule is CC(Cc1nc2c(ncn2CC(F)(F)F)c(=O)n1-c1ccc(Cl)cc1)C(F)(F)F. The second kappa shape index (κ2) is 7.36. The maximum Gasteiger partial charge on any atom is 0.406 e. The fourth-order valence-electron chi connectivity index (χ4n) is 2.73. The van der Waals surface area contributed by atoms with E-state index in [4.69, 9.17) is 11.6 Å². The summed E-state index contributed by atoms with van der Waals surface area (Å²) in [5, 5.41) is 0.329. The third-order valence-corrected chi connectivity index (χ3v) is 4.44. The van der Waals surface area contributed by atoms with E-state index < -0.39 is 42.4 Å². The zero-order valence-electron chi connectivity index (χ0n) is 14.7. The fourth-order valence-corrected chi connectivity index (χ4v) is 2.86.